The van der Waals surface area contributed by atoms with Crippen molar-refractivity contribution in [3.05, 3.63) is 90.0 Å². The molecule has 1 N–H and O–H groups in total. The van der Waals surface area contributed by atoms with E-state index in [0.717, 1.165) is 22.3 Å². The molecule has 116 valence electrons. The molecule has 0 atom stereocenters. The van der Waals surface area contributed by atoms with Crippen molar-refractivity contribution in [1.29, 1.82) is 0 Å². The van der Waals surface area contributed by atoms with Gasteiger partial charge in [0.1, 0.15) is 0 Å². The second kappa shape index (κ2) is 6.36. The first-order valence-corrected chi connectivity index (χ1v) is 8.68. The van der Waals surface area contributed by atoms with E-state index in [2.05, 4.69) is 0 Å². The summed E-state index contributed by atoms with van der Waals surface area (Å²) >= 11 is 0. The second-order valence-corrected chi connectivity index (χ2v) is 6.74. The largest absolute Gasteiger partial charge is 0.294 e. The summed E-state index contributed by atoms with van der Waals surface area (Å²) < 4.78 is 32.2. The van der Waals surface area contributed by atoms with Crippen LogP contribution in [0.25, 0.3) is 11.1 Å². The minimum absolute atomic E-state index is 0.0897. The number of benzene rings is 3. The summed E-state index contributed by atoms with van der Waals surface area (Å²) in [6, 6.07) is 24.3. The summed E-state index contributed by atoms with van der Waals surface area (Å²) in [6.45, 7) is 0. The Morgan fingerprint density at radius 1 is 0.783 bits per heavy atom. The highest BCUT2D eigenvalue weighted by Crippen LogP contribution is 2.28. The summed E-state index contributed by atoms with van der Waals surface area (Å²) in [7, 11) is -4.22. The van der Waals surface area contributed by atoms with E-state index in [4.69, 9.17) is 0 Å². The summed E-state index contributed by atoms with van der Waals surface area (Å²) in [5, 5.41) is 0. The monoisotopic (exact) mass is 324 g/mol. The molecule has 0 heterocycles. The van der Waals surface area contributed by atoms with Crippen LogP contribution in [0.15, 0.2) is 83.8 Å². The molecular formula is C19H16O3S. The van der Waals surface area contributed by atoms with Crippen LogP contribution >= 0.6 is 0 Å². The Morgan fingerprint density at radius 2 is 1.39 bits per heavy atom. The van der Waals surface area contributed by atoms with Crippen molar-refractivity contribution in [2.24, 2.45) is 0 Å². The molecule has 0 radical (unpaired) electrons. The lowest BCUT2D eigenvalue weighted by molar-refractivity contribution is 0.483. The molecule has 0 aliphatic heterocycles. The van der Waals surface area contributed by atoms with Crippen LogP contribution < -0.4 is 0 Å². The van der Waals surface area contributed by atoms with Crippen molar-refractivity contribution in [1.82, 2.24) is 0 Å². The topological polar surface area (TPSA) is 54.4 Å². The van der Waals surface area contributed by atoms with Gasteiger partial charge in [0.15, 0.2) is 0 Å². The Balaban J connectivity index is 2.12. The maximum atomic E-state index is 11.4. The maximum absolute atomic E-state index is 11.4. The van der Waals surface area contributed by atoms with Gasteiger partial charge in [-0.15, -0.1) is 0 Å². The van der Waals surface area contributed by atoms with Gasteiger partial charge in [-0.05, 0) is 40.8 Å². The number of rotatable bonds is 4. The van der Waals surface area contributed by atoms with Crippen LogP contribution in [-0.4, -0.2) is 13.0 Å². The van der Waals surface area contributed by atoms with Gasteiger partial charge < -0.3 is 0 Å². The molecule has 0 unspecified atom stereocenters. The van der Waals surface area contributed by atoms with Crippen LogP contribution in [0, 0.1) is 0 Å². The molecule has 0 aliphatic rings. The average Bonchev–Trinajstić information content (AvgIpc) is 2.56. The van der Waals surface area contributed by atoms with E-state index in [9.17, 15) is 13.0 Å². The lowest BCUT2D eigenvalue weighted by atomic mass is 9.95. The molecule has 0 spiro atoms. The maximum Gasteiger partial charge on any atom is 0.294 e. The quantitative estimate of drug-likeness (QED) is 0.732. The summed E-state index contributed by atoms with van der Waals surface area (Å²) in [4.78, 5) is -0.0897. The van der Waals surface area contributed by atoms with Crippen molar-refractivity contribution < 1.29 is 13.0 Å². The van der Waals surface area contributed by atoms with Gasteiger partial charge in [0.2, 0.25) is 0 Å². The number of hydrogen-bond donors (Lipinski definition) is 1. The smallest absolute Gasteiger partial charge is 0.282 e. The van der Waals surface area contributed by atoms with Crippen LogP contribution in [-0.2, 0) is 16.5 Å². The van der Waals surface area contributed by atoms with Gasteiger partial charge in [0, 0.05) is 0 Å². The third kappa shape index (κ3) is 3.67. The van der Waals surface area contributed by atoms with Gasteiger partial charge in [0.25, 0.3) is 10.1 Å². The van der Waals surface area contributed by atoms with Crippen LogP contribution in [0.3, 0.4) is 0 Å². The predicted molar refractivity (Wildman–Crippen MR) is 90.9 cm³/mol. The van der Waals surface area contributed by atoms with Crippen LogP contribution in [0.5, 0.6) is 0 Å². The van der Waals surface area contributed by atoms with Crippen molar-refractivity contribution in [2.75, 3.05) is 0 Å². The summed E-state index contributed by atoms with van der Waals surface area (Å²) in [5.74, 6) is 0. The molecular weight excluding hydrogens is 308 g/mol. The van der Waals surface area contributed by atoms with Gasteiger partial charge in [-0.2, -0.15) is 8.42 Å². The fourth-order valence-corrected chi connectivity index (χ4v) is 3.08. The molecule has 0 saturated heterocycles. The zero-order chi connectivity index (χ0) is 16.3. The van der Waals surface area contributed by atoms with Crippen molar-refractivity contribution in [3.8, 4) is 11.1 Å². The Hall–Kier alpha value is -2.43. The Labute approximate surface area is 136 Å². The van der Waals surface area contributed by atoms with E-state index in [0.29, 0.717) is 6.42 Å². The molecule has 23 heavy (non-hydrogen) atoms. The third-order valence-corrected chi connectivity index (χ3v) is 4.55. The fraction of sp³-hybridized carbons (Fsp3) is 0.0526. The van der Waals surface area contributed by atoms with Crippen molar-refractivity contribution >= 4 is 10.1 Å². The molecule has 0 aliphatic carbocycles. The zero-order valence-corrected chi connectivity index (χ0v) is 13.2. The molecule has 3 aromatic carbocycles. The van der Waals surface area contributed by atoms with Gasteiger partial charge in [-0.25, -0.2) is 0 Å². The zero-order valence-electron chi connectivity index (χ0n) is 12.4. The van der Waals surface area contributed by atoms with Gasteiger partial charge in [0.05, 0.1) is 4.90 Å². The van der Waals surface area contributed by atoms with Gasteiger partial charge >= 0.3 is 0 Å². The average molecular weight is 324 g/mol. The van der Waals surface area contributed by atoms with E-state index < -0.39 is 10.1 Å². The van der Waals surface area contributed by atoms with Crippen molar-refractivity contribution in [3.63, 3.8) is 0 Å². The first kappa shape index (κ1) is 15.5. The molecule has 0 fully saturated rings. The van der Waals surface area contributed by atoms with Crippen LogP contribution in [0.2, 0.25) is 0 Å². The van der Waals surface area contributed by atoms with E-state index in [1.54, 1.807) is 6.07 Å². The molecule has 4 heteroatoms. The summed E-state index contributed by atoms with van der Waals surface area (Å²) in [5.41, 5.74) is 3.88. The molecule has 0 bridgehead atoms. The standard InChI is InChI=1S/C19H16O3S/c20-23(21,22)18-12-11-17(13-15-7-3-1-4-8-15)19(14-18)16-9-5-2-6-10-16/h1-12,14H,13H2,(H,20,21,22). The minimum atomic E-state index is -4.22. The highest BCUT2D eigenvalue weighted by Gasteiger charge is 2.14. The third-order valence-electron chi connectivity index (χ3n) is 3.70. The molecule has 0 amide bonds. The van der Waals surface area contributed by atoms with E-state index >= 15 is 0 Å². The summed E-state index contributed by atoms with van der Waals surface area (Å²) in [6.07, 6.45) is 0.691. The second-order valence-electron chi connectivity index (χ2n) is 5.32. The van der Waals surface area contributed by atoms with Gasteiger partial charge in [-0.3, -0.25) is 4.55 Å². The van der Waals surface area contributed by atoms with Gasteiger partial charge in [-0.1, -0.05) is 66.7 Å². The lowest BCUT2D eigenvalue weighted by Gasteiger charge is -2.12. The minimum Gasteiger partial charge on any atom is -0.282 e. The molecule has 3 aromatic rings. The molecule has 3 nitrogen and oxygen atoms in total. The van der Waals surface area contributed by atoms with Crippen LogP contribution in [0.4, 0.5) is 0 Å². The predicted octanol–water partition coefficient (Wildman–Crippen LogP) is 4.19. The van der Waals surface area contributed by atoms with E-state index in [1.807, 2.05) is 60.7 Å². The normalized spacial score (nSPS) is 11.3. The Bertz CT molecular complexity index is 902. The lowest BCUT2D eigenvalue weighted by Crippen LogP contribution is -2.00. The fourth-order valence-electron chi connectivity index (χ4n) is 2.57. The first-order valence-electron chi connectivity index (χ1n) is 7.24. The van der Waals surface area contributed by atoms with E-state index in [-0.39, 0.29) is 4.90 Å². The molecule has 0 saturated carbocycles. The SMILES string of the molecule is O=S(=O)(O)c1ccc(Cc2ccccc2)c(-c2ccccc2)c1. The first-order chi connectivity index (χ1) is 11.0. The van der Waals surface area contributed by atoms with E-state index in [1.165, 1.54) is 12.1 Å². The van der Waals surface area contributed by atoms with Crippen molar-refractivity contribution in [2.45, 2.75) is 11.3 Å². The molecule has 3 rings (SSSR count). The molecule has 0 aromatic heterocycles. The van der Waals surface area contributed by atoms with Crippen LogP contribution in [0.1, 0.15) is 11.1 Å². The highest BCUT2D eigenvalue weighted by molar-refractivity contribution is 7.85. The Kier molecular flexibility index (Phi) is 4.28. The highest BCUT2D eigenvalue weighted by atomic mass is 32.2. The number of hydrogen-bond acceptors (Lipinski definition) is 2. The Morgan fingerprint density at radius 3 is 2.00 bits per heavy atom.